The summed E-state index contributed by atoms with van der Waals surface area (Å²) in [5.41, 5.74) is 9.06. The van der Waals surface area contributed by atoms with Crippen molar-refractivity contribution in [2.24, 2.45) is 0 Å². The number of para-hydroxylation sites is 1. The van der Waals surface area contributed by atoms with Crippen LogP contribution in [0.4, 0.5) is 0 Å². The van der Waals surface area contributed by atoms with E-state index in [1.807, 2.05) is 55.6 Å². The predicted octanol–water partition coefficient (Wildman–Crippen LogP) is 1.96. The van der Waals surface area contributed by atoms with Gasteiger partial charge in [0.25, 0.3) is 0 Å². The largest absolute Gasteiger partial charge is 0.492 e. The summed E-state index contributed by atoms with van der Waals surface area (Å²) in [6.45, 7) is 1.05. The Hall–Kier alpha value is -2.55. The van der Waals surface area contributed by atoms with E-state index in [0.717, 1.165) is 22.3 Å². The van der Waals surface area contributed by atoms with Gasteiger partial charge >= 0.3 is 0 Å². The van der Waals surface area contributed by atoms with Crippen molar-refractivity contribution >= 4 is 28.7 Å². The van der Waals surface area contributed by atoms with Crippen LogP contribution in [0.2, 0.25) is 0 Å². The fraction of sp³-hybridized carbons (Fsp3) is 0.316. The third-order valence-corrected chi connectivity index (χ3v) is 5.15. The number of ether oxygens (including phenoxy) is 1. The Morgan fingerprint density at radius 2 is 2.00 bits per heavy atom. The molecule has 4 rings (SSSR count). The van der Waals surface area contributed by atoms with Gasteiger partial charge in [-0.05, 0) is 36.2 Å². The summed E-state index contributed by atoms with van der Waals surface area (Å²) in [4.78, 5) is 14.5. The number of fused-ring (bicyclic) bond motifs is 1. The molecular weight excluding hydrogens is 362 g/mol. The maximum atomic E-state index is 12.7. The van der Waals surface area contributed by atoms with Crippen LogP contribution in [0, 0.1) is 0 Å². The number of hydrazine groups is 1. The molecular formula is C19H21N5O2S. The number of rotatable bonds is 6. The summed E-state index contributed by atoms with van der Waals surface area (Å²) in [6, 6.07) is 15.4. The molecule has 1 saturated heterocycles. The van der Waals surface area contributed by atoms with E-state index >= 15 is 0 Å². The standard InChI is InChI=1S/C19H21N5O2S/c1-24(11-13-7-8-16-17(9-13)23-27-22-16)19(25)18-10-14(20-21-18)12-26-15-5-3-2-4-6-15/h2-9,14,18,20-21H,10-12H2,1H3. The smallest absolute Gasteiger partial charge is 0.241 e. The first-order valence-corrected chi connectivity index (χ1v) is 9.57. The van der Waals surface area contributed by atoms with E-state index in [1.54, 1.807) is 4.90 Å². The lowest BCUT2D eigenvalue weighted by Crippen LogP contribution is -2.44. The number of nitrogens with one attached hydrogen (secondary N) is 2. The minimum atomic E-state index is -0.260. The molecule has 2 unspecified atom stereocenters. The second-order valence-corrected chi connectivity index (χ2v) is 7.21. The van der Waals surface area contributed by atoms with Crippen LogP contribution in [0.1, 0.15) is 12.0 Å². The number of benzene rings is 2. The SMILES string of the molecule is CN(Cc1ccc2nsnc2c1)C(=O)C1CC(COc2ccccc2)NN1. The van der Waals surface area contributed by atoms with Crippen LogP contribution in [0.5, 0.6) is 5.75 Å². The van der Waals surface area contributed by atoms with Crippen molar-refractivity contribution in [1.82, 2.24) is 24.5 Å². The van der Waals surface area contributed by atoms with Crippen molar-refractivity contribution in [2.75, 3.05) is 13.7 Å². The van der Waals surface area contributed by atoms with Gasteiger partial charge in [0.05, 0.1) is 17.8 Å². The molecule has 0 aliphatic carbocycles. The van der Waals surface area contributed by atoms with Crippen LogP contribution < -0.4 is 15.6 Å². The molecule has 8 heteroatoms. The number of aromatic nitrogens is 2. The Morgan fingerprint density at radius 1 is 1.19 bits per heavy atom. The van der Waals surface area contributed by atoms with E-state index in [0.29, 0.717) is 19.6 Å². The lowest BCUT2D eigenvalue weighted by atomic mass is 10.1. The molecule has 0 spiro atoms. The number of amides is 1. The van der Waals surface area contributed by atoms with E-state index in [1.165, 1.54) is 11.7 Å². The molecule has 1 amide bonds. The monoisotopic (exact) mass is 383 g/mol. The molecule has 140 valence electrons. The summed E-state index contributed by atoms with van der Waals surface area (Å²) in [6.07, 6.45) is 0.686. The van der Waals surface area contributed by atoms with E-state index in [-0.39, 0.29) is 18.0 Å². The minimum Gasteiger partial charge on any atom is -0.492 e. The molecule has 1 aromatic heterocycles. The second kappa shape index (κ2) is 7.99. The van der Waals surface area contributed by atoms with E-state index in [4.69, 9.17) is 4.74 Å². The fourth-order valence-electron chi connectivity index (χ4n) is 3.15. The van der Waals surface area contributed by atoms with E-state index in [2.05, 4.69) is 19.6 Å². The van der Waals surface area contributed by atoms with Gasteiger partial charge in [0.1, 0.15) is 29.4 Å². The molecule has 27 heavy (non-hydrogen) atoms. The van der Waals surface area contributed by atoms with Crippen molar-refractivity contribution in [3.63, 3.8) is 0 Å². The molecule has 0 radical (unpaired) electrons. The van der Waals surface area contributed by atoms with E-state index in [9.17, 15) is 4.79 Å². The number of hydrogen-bond donors (Lipinski definition) is 2. The van der Waals surface area contributed by atoms with Crippen LogP contribution in [0.25, 0.3) is 11.0 Å². The molecule has 2 heterocycles. The van der Waals surface area contributed by atoms with Crippen molar-refractivity contribution in [2.45, 2.75) is 25.0 Å². The quantitative estimate of drug-likeness (QED) is 0.678. The molecule has 1 fully saturated rings. The second-order valence-electron chi connectivity index (χ2n) is 6.68. The van der Waals surface area contributed by atoms with Gasteiger partial charge in [-0.1, -0.05) is 24.3 Å². The highest BCUT2D eigenvalue weighted by atomic mass is 32.1. The average molecular weight is 383 g/mol. The predicted molar refractivity (Wildman–Crippen MR) is 104 cm³/mol. The Kier molecular flexibility index (Phi) is 5.28. The zero-order valence-electron chi connectivity index (χ0n) is 15.0. The van der Waals surface area contributed by atoms with Crippen LogP contribution in [0.15, 0.2) is 48.5 Å². The molecule has 2 aromatic carbocycles. The first-order valence-electron chi connectivity index (χ1n) is 8.84. The molecule has 0 saturated carbocycles. The zero-order chi connectivity index (χ0) is 18.6. The normalized spacial score (nSPS) is 19.3. The number of nitrogens with zero attached hydrogens (tertiary/aromatic N) is 3. The first kappa shape index (κ1) is 17.8. The maximum Gasteiger partial charge on any atom is 0.241 e. The van der Waals surface area contributed by atoms with Gasteiger partial charge in [0, 0.05) is 13.6 Å². The topological polar surface area (TPSA) is 79.4 Å². The van der Waals surface area contributed by atoms with Crippen molar-refractivity contribution in [3.05, 3.63) is 54.1 Å². The Balaban J connectivity index is 1.29. The molecule has 3 aromatic rings. The van der Waals surface area contributed by atoms with Crippen molar-refractivity contribution in [1.29, 1.82) is 0 Å². The van der Waals surface area contributed by atoms with Crippen LogP contribution in [-0.2, 0) is 11.3 Å². The van der Waals surface area contributed by atoms with Gasteiger partial charge in [0.2, 0.25) is 5.91 Å². The summed E-state index contributed by atoms with van der Waals surface area (Å²) in [5.74, 6) is 0.888. The highest BCUT2D eigenvalue weighted by Gasteiger charge is 2.31. The van der Waals surface area contributed by atoms with Gasteiger partial charge in [-0.25, -0.2) is 5.43 Å². The number of carbonyl (C=O) groups is 1. The lowest BCUT2D eigenvalue weighted by Gasteiger charge is -2.21. The van der Waals surface area contributed by atoms with Gasteiger partial charge < -0.3 is 9.64 Å². The summed E-state index contributed by atoms with van der Waals surface area (Å²) in [5, 5.41) is 0. The number of likely N-dealkylation sites (N-methyl/N-ethyl adjacent to an activating group) is 1. The van der Waals surface area contributed by atoms with Crippen molar-refractivity contribution in [3.8, 4) is 5.75 Å². The van der Waals surface area contributed by atoms with Crippen LogP contribution in [-0.4, -0.2) is 45.3 Å². The highest BCUT2D eigenvalue weighted by molar-refractivity contribution is 7.00. The third kappa shape index (κ3) is 4.24. The summed E-state index contributed by atoms with van der Waals surface area (Å²) in [7, 11) is 1.82. The Bertz CT molecular complexity index is 917. The van der Waals surface area contributed by atoms with Gasteiger partial charge in [-0.2, -0.15) is 8.75 Å². The fourth-order valence-corrected chi connectivity index (χ4v) is 3.67. The maximum absolute atomic E-state index is 12.7. The number of hydrogen-bond acceptors (Lipinski definition) is 7. The molecule has 1 aliphatic heterocycles. The van der Waals surface area contributed by atoms with Crippen LogP contribution in [0.3, 0.4) is 0 Å². The minimum absolute atomic E-state index is 0.0567. The summed E-state index contributed by atoms with van der Waals surface area (Å²) < 4.78 is 14.2. The third-order valence-electron chi connectivity index (χ3n) is 4.59. The average Bonchev–Trinajstić information content (AvgIpc) is 3.35. The van der Waals surface area contributed by atoms with E-state index < -0.39 is 0 Å². The molecule has 7 nitrogen and oxygen atoms in total. The summed E-state index contributed by atoms with van der Waals surface area (Å²) >= 11 is 1.20. The molecule has 0 bridgehead atoms. The van der Waals surface area contributed by atoms with Crippen molar-refractivity contribution < 1.29 is 9.53 Å². The Morgan fingerprint density at radius 3 is 2.85 bits per heavy atom. The molecule has 2 N–H and O–H groups in total. The lowest BCUT2D eigenvalue weighted by molar-refractivity contribution is -0.132. The highest BCUT2D eigenvalue weighted by Crippen LogP contribution is 2.16. The van der Waals surface area contributed by atoms with Gasteiger partial charge in [-0.3, -0.25) is 10.2 Å². The van der Waals surface area contributed by atoms with Gasteiger partial charge in [-0.15, -0.1) is 0 Å². The Labute approximate surface area is 161 Å². The van der Waals surface area contributed by atoms with Crippen LogP contribution >= 0.6 is 11.7 Å². The first-order chi connectivity index (χ1) is 13.2. The number of carbonyl (C=O) groups excluding carboxylic acids is 1. The van der Waals surface area contributed by atoms with Gasteiger partial charge in [0.15, 0.2) is 0 Å². The molecule has 2 atom stereocenters. The zero-order valence-corrected chi connectivity index (χ0v) is 15.8. The molecule has 1 aliphatic rings.